The number of hydrogen-bond donors (Lipinski definition) is 0. The lowest BCUT2D eigenvalue weighted by Gasteiger charge is -2.04. The Balaban J connectivity index is 2.19. The van der Waals surface area contributed by atoms with E-state index in [4.69, 9.17) is 0 Å². The van der Waals surface area contributed by atoms with E-state index < -0.39 is 11.6 Å². The van der Waals surface area contributed by atoms with E-state index in [1.54, 1.807) is 6.07 Å². The lowest BCUT2D eigenvalue weighted by atomic mass is 10.0. The van der Waals surface area contributed by atoms with Crippen molar-refractivity contribution in [1.82, 2.24) is 0 Å². The summed E-state index contributed by atoms with van der Waals surface area (Å²) in [5.74, 6) is 0.598. The van der Waals surface area contributed by atoms with E-state index in [1.165, 1.54) is 6.07 Å². The van der Waals surface area contributed by atoms with Gasteiger partial charge in [-0.2, -0.15) is 0 Å². The van der Waals surface area contributed by atoms with Crippen LogP contribution in [0, 0.1) is 23.5 Å². The van der Waals surface area contributed by atoms with Gasteiger partial charge in [0.15, 0.2) is 0 Å². The van der Waals surface area contributed by atoms with Crippen molar-refractivity contribution >= 4 is 0 Å². The van der Waals surface area contributed by atoms with Gasteiger partial charge in [-0.05, 0) is 35.8 Å². The van der Waals surface area contributed by atoms with Crippen LogP contribution in [0.1, 0.15) is 31.7 Å². The first-order valence-electron chi connectivity index (χ1n) is 5.04. The van der Waals surface area contributed by atoms with Gasteiger partial charge in [0, 0.05) is 6.07 Å². The molecule has 14 heavy (non-hydrogen) atoms. The first-order chi connectivity index (χ1) is 6.59. The van der Waals surface area contributed by atoms with Crippen LogP contribution in [0.15, 0.2) is 18.2 Å². The van der Waals surface area contributed by atoms with E-state index >= 15 is 0 Å². The molecule has 1 aromatic carbocycles. The van der Waals surface area contributed by atoms with E-state index in [9.17, 15) is 8.78 Å². The highest BCUT2D eigenvalue weighted by Gasteiger charge is 2.41. The van der Waals surface area contributed by atoms with Crippen molar-refractivity contribution in [3.63, 3.8) is 0 Å². The molecule has 0 aliphatic heterocycles. The van der Waals surface area contributed by atoms with Crippen molar-refractivity contribution in [2.45, 2.75) is 26.2 Å². The molecule has 0 bridgehead atoms. The van der Waals surface area contributed by atoms with Gasteiger partial charge in [0.25, 0.3) is 0 Å². The SMILES string of the molecule is CC(C)[C@H]1C[C@@H]1c1ccc(F)cc1F. The molecule has 1 aromatic rings. The van der Waals surface area contributed by atoms with Crippen molar-refractivity contribution in [2.75, 3.05) is 0 Å². The van der Waals surface area contributed by atoms with E-state index in [2.05, 4.69) is 13.8 Å². The van der Waals surface area contributed by atoms with Crippen LogP contribution in [0.5, 0.6) is 0 Å². The van der Waals surface area contributed by atoms with Crippen LogP contribution < -0.4 is 0 Å². The molecule has 0 saturated heterocycles. The van der Waals surface area contributed by atoms with Gasteiger partial charge in [-0.25, -0.2) is 8.78 Å². The van der Waals surface area contributed by atoms with E-state index in [0.717, 1.165) is 12.5 Å². The zero-order chi connectivity index (χ0) is 10.3. The average Bonchev–Trinajstić information content (AvgIpc) is 2.83. The van der Waals surface area contributed by atoms with E-state index in [-0.39, 0.29) is 0 Å². The summed E-state index contributed by atoms with van der Waals surface area (Å²) in [5, 5.41) is 0. The second kappa shape index (κ2) is 3.34. The van der Waals surface area contributed by atoms with Gasteiger partial charge in [0.05, 0.1) is 0 Å². The van der Waals surface area contributed by atoms with Crippen molar-refractivity contribution in [2.24, 2.45) is 11.8 Å². The molecule has 0 nitrogen and oxygen atoms in total. The molecule has 2 rings (SSSR count). The van der Waals surface area contributed by atoms with Crippen LogP contribution in [0.3, 0.4) is 0 Å². The molecular weight excluding hydrogens is 182 g/mol. The summed E-state index contributed by atoms with van der Waals surface area (Å²) in [4.78, 5) is 0. The molecule has 0 amide bonds. The van der Waals surface area contributed by atoms with Crippen molar-refractivity contribution < 1.29 is 8.78 Å². The summed E-state index contributed by atoms with van der Waals surface area (Å²) in [6.45, 7) is 4.29. The van der Waals surface area contributed by atoms with Gasteiger partial charge in [0.1, 0.15) is 11.6 Å². The summed E-state index contributed by atoms with van der Waals surface area (Å²) < 4.78 is 26.0. The van der Waals surface area contributed by atoms with E-state index in [1.807, 2.05) is 0 Å². The Bertz CT molecular complexity index is 344. The lowest BCUT2D eigenvalue weighted by Crippen LogP contribution is -1.95. The highest BCUT2D eigenvalue weighted by atomic mass is 19.1. The molecule has 1 saturated carbocycles. The minimum absolute atomic E-state index is 0.315. The minimum Gasteiger partial charge on any atom is -0.207 e. The number of halogens is 2. The van der Waals surface area contributed by atoms with Gasteiger partial charge in [-0.3, -0.25) is 0 Å². The summed E-state index contributed by atoms with van der Waals surface area (Å²) in [7, 11) is 0. The molecule has 76 valence electrons. The normalized spacial score (nSPS) is 25.5. The predicted octanol–water partition coefficient (Wildman–Crippen LogP) is 3.72. The van der Waals surface area contributed by atoms with Crippen LogP contribution in [0.4, 0.5) is 8.78 Å². The Labute approximate surface area is 82.9 Å². The largest absolute Gasteiger partial charge is 0.207 e. The smallest absolute Gasteiger partial charge is 0.129 e. The first kappa shape index (κ1) is 9.63. The number of hydrogen-bond acceptors (Lipinski definition) is 0. The molecule has 1 fully saturated rings. The molecule has 0 aromatic heterocycles. The van der Waals surface area contributed by atoms with E-state index in [0.29, 0.717) is 23.3 Å². The number of benzene rings is 1. The molecular formula is C12H14F2. The van der Waals surface area contributed by atoms with Crippen LogP contribution in [0.25, 0.3) is 0 Å². The highest BCUT2D eigenvalue weighted by Crippen LogP contribution is 2.52. The van der Waals surface area contributed by atoms with Gasteiger partial charge in [0.2, 0.25) is 0 Å². The number of rotatable bonds is 2. The zero-order valence-electron chi connectivity index (χ0n) is 8.43. The Kier molecular flexibility index (Phi) is 2.30. The van der Waals surface area contributed by atoms with Crippen LogP contribution in [0.2, 0.25) is 0 Å². The minimum atomic E-state index is -0.493. The summed E-state index contributed by atoms with van der Waals surface area (Å²) >= 11 is 0. The maximum Gasteiger partial charge on any atom is 0.129 e. The molecule has 0 N–H and O–H groups in total. The third-order valence-corrected chi connectivity index (χ3v) is 3.06. The molecule has 0 unspecified atom stereocenters. The lowest BCUT2D eigenvalue weighted by molar-refractivity contribution is 0.533. The third kappa shape index (κ3) is 1.66. The Morgan fingerprint density at radius 3 is 2.50 bits per heavy atom. The zero-order valence-corrected chi connectivity index (χ0v) is 8.43. The monoisotopic (exact) mass is 196 g/mol. The highest BCUT2D eigenvalue weighted by molar-refractivity contribution is 5.28. The molecule has 1 aliphatic rings. The van der Waals surface area contributed by atoms with Crippen LogP contribution in [-0.2, 0) is 0 Å². The molecule has 0 heterocycles. The molecule has 1 aliphatic carbocycles. The Morgan fingerprint density at radius 2 is 2.00 bits per heavy atom. The molecule has 2 atom stereocenters. The summed E-state index contributed by atoms with van der Waals surface area (Å²) in [5.41, 5.74) is 0.685. The molecule has 2 heteroatoms. The fraction of sp³-hybridized carbons (Fsp3) is 0.500. The second-order valence-corrected chi connectivity index (χ2v) is 4.42. The fourth-order valence-electron chi connectivity index (χ4n) is 2.11. The average molecular weight is 196 g/mol. The maximum absolute atomic E-state index is 13.3. The van der Waals surface area contributed by atoms with Gasteiger partial charge in [-0.1, -0.05) is 19.9 Å². The Morgan fingerprint density at radius 1 is 1.29 bits per heavy atom. The van der Waals surface area contributed by atoms with Crippen molar-refractivity contribution in [3.8, 4) is 0 Å². The second-order valence-electron chi connectivity index (χ2n) is 4.42. The standard InChI is InChI=1S/C12H14F2/c1-7(2)10-6-11(10)9-4-3-8(13)5-12(9)14/h3-5,7,10-11H,6H2,1-2H3/t10-,11-/m1/s1. The summed E-state index contributed by atoms with van der Waals surface area (Å²) in [6, 6.07) is 3.90. The van der Waals surface area contributed by atoms with Crippen LogP contribution in [-0.4, -0.2) is 0 Å². The van der Waals surface area contributed by atoms with Gasteiger partial charge in [-0.15, -0.1) is 0 Å². The van der Waals surface area contributed by atoms with Crippen molar-refractivity contribution in [1.29, 1.82) is 0 Å². The van der Waals surface area contributed by atoms with Crippen LogP contribution >= 0.6 is 0 Å². The first-order valence-corrected chi connectivity index (χ1v) is 5.04. The third-order valence-electron chi connectivity index (χ3n) is 3.06. The van der Waals surface area contributed by atoms with Gasteiger partial charge >= 0.3 is 0 Å². The topological polar surface area (TPSA) is 0 Å². The van der Waals surface area contributed by atoms with Gasteiger partial charge < -0.3 is 0 Å². The fourth-order valence-corrected chi connectivity index (χ4v) is 2.11. The quantitative estimate of drug-likeness (QED) is 0.676. The predicted molar refractivity (Wildman–Crippen MR) is 52.0 cm³/mol. The molecule has 0 radical (unpaired) electrons. The summed E-state index contributed by atoms with van der Waals surface area (Å²) in [6.07, 6.45) is 1.04. The maximum atomic E-state index is 13.3. The molecule has 0 spiro atoms. The van der Waals surface area contributed by atoms with Crippen molar-refractivity contribution in [3.05, 3.63) is 35.4 Å². The Hall–Kier alpha value is -0.920.